The number of aromatic nitrogens is 3. The second-order valence-electron chi connectivity index (χ2n) is 5.63. The van der Waals surface area contributed by atoms with Crippen molar-refractivity contribution in [1.82, 2.24) is 15.1 Å². The second kappa shape index (κ2) is 5.72. The molecule has 2 aromatic rings. The van der Waals surface area contributed by atoms with Crippen LogP contribution in [0.1, 0.15) is 38.0 Å². The molecule has 2 aromatic heterocycles. The molecule has 0 unspecified atom stereocenters. The minimum atomic E-state index is -3.86. The minimum absolute atomic E-state index is 0.131. The first-order valence-electron chi connectivity index (χ1n) is 7.18. The molecule has 120 valence electrons. The molecule has 2 N–H and O–H groups in total. The highest BCUT2D eigenvalue weighted by Gasteiger charge is 2.39. The summed E-state index contributed by atoms with van der Waals surface area (Å²) >= 11 is 0. The van der Waals surface area contributed by atoms with Gasteiger partial charge in [0.2, 0.25) is 21.7 Å². The Morgan fingerprint density at radius 2 is 2.00 bits per heavy atom. The van der Waals surface area contributed by atoms with Gasteiger partial charge in [0.05, 0.1) is 6.07 Å². The summed E-state index contributed by atoms with van der Waals surface area (Å²) in [6.07, 6.45) is 6.90. The normalized spacial score (nSPS) is 17.6. The summed E-state index contributed by atoms with van der Waals surface area (Å²) in [6.45, 7) is 0. The van der Waals surface area contributed by atoms with Gasteiger partial charge in [0, 0.05) is 18.0 Å². The van der Waals surface area contributed by atoms with Crippen LogP contribution in [0.3, 0.4) is 0 Å². The largest absolute Gasteiger partial charge is 0.337 e. The fourth-order valence-corrected chi connectivity index (χ4v) is 3.26. The van der Waals surface area contributed by atoms with E-state index in [0.29, 0.717) is 18.4 Å². The maximum absolute atomic E-state index is 11.4. The molecule has 0 radical (unpaired) electrons. The van der Waals surface area contributed by atoms with Gasteiger partial charge in [0.15, 0.2) is 0 Å². The standard InChI is InChI=1S/C14H15N5O3S/c15-9-14(4-2-1-3-5-14)13-18-12(19-22-13)10-6-11(8-17-7-10)23(16,20)21/h6-8H,1-5H2,(H2,16,20,21). The molecule has 0 atom stereocenters. The van der Waals surface area contributed by atoms with E-state index in [4.69, 9.17) is 9.66 Å². The zero-order valence-corrected chi connectivity index (χ0v) is 13.1. The molecule has 0 bridgehead atoms. The maximum atomic E-state index is 11.4. The first kappa shape index (κ1) is 15.6. The van der Waals surface area contributed by atoms with Gasteiger partial charge in [-0.25, -0.2) is 13.6 Å². The Morgan fingerprint density at radius 3 is 2.65 bits per heavy atom. The number of primary sulfonamides is 1. The molecule has 1 saturated carbocycles. The van der Waals surface area contributed by atoms with Gasteiger partial charge in [-0.3, -0.25) is 4.98 Å². The van der Waals surface area contributed by atoms with E-state index in [1.807, 2.05) is 0 Å². The Hall–Kier alpha value is -2.31. The quantitative estimate of drug-likeness (QED) is 0.898. The average Bonchev–Trinajstić information content (AvgIpc) is 3.05. The topological polar surface area (TPSA) is 136 Å². The number of nitrogens with two attached hydrogens (primary N) is 1. The summed E-state index contributed by atoms with van der Waals surface area (Å²) in [6, 6.07) is 3.64. The summed E-state index contributed by atoms with van der Waals surface area (Å²) in [4.78, 5) is 8.00. The molecule has 1 fully saturated rings. The van der Waals surface area contributed by atoms with Crippen molar-refractivity contribution in [2.75, 3.05) is 0 Å². The van der Waals surface area contributed by atoms with Gasteiger partial charge >= 0.3 is 0 Å². The Kier molecular flexibility index (Phi) is 3.87. The van der Waals surface area contributed by atoms with Crippen LogP contribution in [0.25, 0.3) is 11.4 Å². The van der Waals surface area contributed by atoms with E-state index >= 15 is 0 Å². The van der Waals surface area contributed by atoms with Gasteiger partial charge < -0.3 is 4.52 Å². The van der Waals surface area contributed by atoms with Crippen LogP contribution in [0.15, 0.2) is 27.9 Å². The molecule has 1 aliphatic rings. The molecular formula is C14H15N5O3S. The third-order valence-corrected chi connectivity index (χ3v) is 4.94. The van der Waals surface area contributed by atoms with Crippen LogP contribution in [0, 0.1) is 11.3 Å². The van der Waals surface area contributed by atoms with Crippen molar-refractivity contribution < 1.29 is 12.9 Å². The van der Waals surface area contributed by atoms with Crippen molar-refractivity contribution in [1.29, 1.82) is 5.26 Å². The first-order chi connectivity index (χ1) is 10.9. The molecule has 8 nitrogen and oxygen atoms in total. The van der Waals surface area contributed by atoms with Gasteiger partial charge in [-0.05, 0) is 18.9 Å². The van der Waals surface area contributed by atoms with E-state index in [1.54, 1.807) is 0 Å². The fourth-order valence-electron chi connectivity index (χ4n) is 2.76. The van der Waals surface area contributed by atoms with Crippen LogP contribution in [-0.2, 0) is 15.4 Å². The molecule has 0 aromatic carbocycles. The molecule has 3 rings (SSSR count). The number of pyridine rings is 1. The fraction of sp³-hybridized carbons (Fsp3) is 0.429. The van der Waals surface area contributed by atoms with Crippen LogP contribution in [0.5, 0.6) is 0 Å². The Morgan fingerprint density at radius 1 is 1.26 bits per heavy atom. The van der Waals surface area contributed by atoms with Crippen LogP contribution in [0.4, 0.5) is 0 Å². The second-order valence-corrected chi connectivity index (χ2v) is 7.19. The van der Waals surface area contributed by atoms with Crippen molar-refractivity contribution >= 4 is 10.0 Å². The number of rotatable bonds is 3. The summed E-state index contributed by atoms with van der Waals surface area (Å²) in [5.74, 6) is 0.467. The maximum Gasteiger partial charge on any atom is 0.247 e. The lowest BCUT2D eigenvalue weighted by molar-refractivity contribution is 0.264. The monoisotopic (exact) mass is 333 g/mol. The van der Waals surface area contributed by atoms with E-state index in [9.17, 15) is 13.7 Å². The molecule has 2 heterocycles. The summed E-state index contributed by atoms with van der Waals surface area (Å²) in [5.41, 5.74) is -0.385. The molecular weight excluding hydrogens is 318 g/mol. The summed E-state index contributed by atoms with van der Waals surface area (Å²) in [5, 5.41) is 18.5. The molecule has 1 aliphatic carbocycles. The first-order valence-corrected chi connectivity index (χ1v) is 8.73. The Bertz CT molecular complexity index is 863. The van der Waals surface area contributed by atoms with E-state index in [2.05, 4.69) is 21.2 Å². The van der Waals surface area contributed by atoms with Crippen LogP contribution < -0.4 is 5.14 Å². The third kappa shape index (κ3) is 2.95. The Labute approximate surface area is 133 Å². The van der Waals surface area contributed by atoms with Gasteiger partial charge in [-0.15, -0.1) is 0 Å². The van der Waals surface area contributed by atoms with E-state index in [0.717, 1.165) is 25.5 Å². The predicted octanol–water partition coefficient (Wildman–Crippen LogP) is 1.50. The summed E-state index contributed by atoms with van der Waals surface area (Å²) < 4.78 is 28.1. The molecule has 0 aliphatic heterocycles. The SMILES string of the molecule is N#CC1(c2nc(-c3cncc(S(N)(=O)=O)c3)no2)CCCCC1. The number of hydrogen-bond donors (Lipinski definition) is 1. The molecule has 0 spiro atoms. The number of hydrogen-bond acceptors (Lipinski definition) is 7. The molecule has 0 amide bonds. The van der Waals surface area contributed by atoms with Crippen molar-refractivity contribution in [3.63, 3.8) is 0 Å². The molecule has 9 heteroatoms. The van der Waals surface area contributed by atoms with Crippen molar-refractivity contribution in [2.24, 2.45) is 5.14 Å². The lowest BCUT2D eigenvalue weighted by Gasteiger charge is -2.26. The number of nitriles is 1. The van der Waals surface area contributed by atoms with Crippen LogP contribution in [0.2, 0.25) is 0 Å². The Balaban J connectivity index is 1.98. The summed E-state index contributed by atoms with van der Waals surface area (Å²) in [7, 11) is -3.86. The zero-order valence-electron chi connectivity index (χ0n) is 12.3. The molecule has 0 saturated heterocycles. The van der Waals surface area contributed by atoms with Gasteiger partial charge in [0.1, 0.15) is 10.3 Å². The van der Waals surface area contributed by atoms with Crippen molar-refractivity contribution in [3.8, 4) is 17.5 Å². The highest BCUT2D eigenvalue weighted by Crippen LogP contribution is 2.38. The zero-order chi connectivity index (χ0) is 16.5. The number of sulfonamides is 1. The lowest BCUT2D eigenvalue weighted by Crippen LogP contribution is -2.27. The van der Waals surface area contributed by atoms with Crippen LogP contribution in [-0.4, -0.2) is 23.5 Å². The van der Waals surface area contributed by atoms with Crippen molar-refractivity contribution in [2.45, 2.75) is 42.4 Å². The predicted molar refractivity (Wildman–Crippen MR) is 79.3 cm³/mol. The third-order valence-electron chi connectivity index (χ3n) is 4.06. The number of nitrogens with zero attached hydrogens (tertiary/aromatic N) is 4. The van der Waals surface area contributed by atoms with Gasteiger partial charge in [-0.1, -0.05) is 24.4 Å². The average molecular weight is 333 g/mol. The van der Waals surface area contributed by atoms with E-state index < -0.39 is 15.4 Å². The molecule has 23 heavy (non-hydrogen) atoms. The van der Waals surface area contributed by atoms with Gasteiger partial charge in [-0.2, -0.15) is 10.2 Å². The minimum Gasteiger partial charge on any atom is -0.337 e. The van der Waals surface area contributed by atoms with Gasteiger partial charge in [0.25, 0.3) is 0 Å². The highest BCUT2D eigenvalue weighted by atomic mass is 32.2. The lowest BCUT2D eigenvalue weighted by atomic mass is 9.75. The smallest absolute Gasteiger partial charge is 0.247 e. The van der Waals surface area contributed by atoms with Crippen LogP contribution >= 0.6 is 0 Å². The van der Waals surface area contributed by atoms with Crippen molar-refractivity contribution in [3.05, 3.63) is 24.4 Å². The highest BCUT2D eigenvalue weighted by molar-refractivity contribution is 7.89. The van der Waals surface area contributed by atoms with E-state index in [-0.39, 0.29) is 16.6 Å². The van der Waals surface area contributed by atoms with E-state index in [1.165, 1.54) is 12.3 Å².